The fourth-order valence-corrected chi connectivity index (χ4v) is 1.67. The van der Waals surface area contributed by atoms with E-state index >= 15 is 0 Å². The molecular weight excluding hydrogens is 203 g/mol. The highest BCUT2D eigenvalue weighted by molar-refractivity contribution is 5.78. The van der Waals surface area contributed by atoms with Crippen molar-refractivity contribution >= 4 is 11.0 Å². The van der Waals surface area contributed by atoms with Gasteiger partial charge in [0.2, 0.25) is 0 Å². The molecule has 1 aromatic heterocycles. The molecule has 1 radical (unpaired) electrons. The van der Waals surface area contributed by atoms with Crippen LogP contribution < -0.4 is 0 Å². The van der Waals surface area contributed by atoms with E-state index < -0.39 is 0 Å². The Morgan fingerprint density at radius 3 is 3.00 bits per heavy atom. The summed E-state index contributed by atoms with van der Waals surface area (Å²) in [5.74, 6) is 0.415. The first kappa shape index (κ1) is 9.09. The number of aromatic amines is 1. The largest absolute Gasteiger partial charge is 0.338 e. The second kappa shape index (κ2) is 3.45. The van der Waals surface area contributed by atoms with E-state index in [0.29, 0.717) is 5.82 Å². The molecule has 0 aliphatic rings. The number of hydrogen-bond donors (Lipinski definition) is 1. The minimum Gasteiger partial charge on any atom is -0.338 e. The molecular formula is C13H8FN2. The van der Waals surface area contributed by atoms with E-state index in [1.54, 1.807) is 12.1 Å². The zero-order valence-corrected chi connectivity index (χ0v) is 8.37. The van der Waals surface area contributed by atoms with Gasteiger partial charge in [0.25, 0.3) is 0 Å². The minimum absolute atomic E-state index is 0.260. The summed E-state index contributed by atoms with van der Waals surface area (Å²) in [5.41, 5.74) is 2.51. The van der Waals surface area contributed by atoms with E-state index in [1.165, 1.54) is 12.1 Å². The lowest BCUT2D eigenvalue weighted by molar-refractivity contribution is 0.628. The van der Waals surface area contributed by atoms with Crippen molar-refractivity contribution in [1.82, 2.24) is 9.97 Å². The summed E-state index contributed by atoms with van der Waals surface area (Å²) in [5, 5.41) is 0. The second-order valence-electron chi connectivity index (χ2n) is 3.54. The molecule has 0 saturated heterocycles. The number of fused-ring (bicyclic) bond motifs is 1. The summed E-state index contributed by atoms with van der Waals surface area (Å²) in [4.78, 5) is 7.51. The second-order valence-corrected chi connectivity index (χ2v) is 3.54. The fraction of sp³-hybridized carbons (Fsp3) is 0. The Labute approximate surface area is 91.8 Å². The van der Waals surface area contributed by atoms with Crippen LogP contribution >= 0.6 is 0 Å². The first-order valence-corrected chi connectivity index (χ1v) is 4.95. The van der Waals surface area contributed by atoms with Crippen LogP contribution in [0.15, 0.2) is 42.5 Å². The maximum Gasteiger partial charge on any atom is 0.138 e. The van der Waals surface area contributed by atoms with Crippen LogP contribution in [0, 0.1) is 11.9 Å². The molecule has 0 unspecified atom stereocenters. The van der Waals surface area contributed by atoms with Gasteiger partial charge in [0.1, 0.15) is 11.6 Å². The molecule has 3 rings (SSSR count). The molecule has 0 bridgehead atoms. The highest BCUT2D eigenvalue weighted by Gasteiger charge is 2.04. The van der Waals surface area contributed by atoms with Gasteiger partial charge >= 0.3 is 0 Å². The van der Waals surface area contributed by atoms with Gasteiger partial charge in [-0.25, -0.2) is 9.37 Å². The molecule has 2 nitrogen and oxygen atoms in total. The van der Waals surface area contributed by atoms with Crippen molar-refractivity contribution in [1.29, 1.82) is 0 Å². The van der Waals surface area contributed by atoms with Crippen LogP contribution in [0.25, 0.3) is 22.4 Å². The quantitative estimate of drug-likeness (QED) is 0.658. The summed E-state index contributed by atoms with van der Waals surface area (Å²) in [6.07, 6.45) is 0. The normalized spacial score (nSPS) is 10.8. The predicted octanol–water partition coefficient (Wildman–Crippen LogP) is 3.17. The first-order chi connectivity index (χ1) is 7.83. The Balaban J connectivity index is 2.19. The monoisotopic (exact) mass is 211 g/mol. The Kier molecular flexibility index (Phi) is 1.96. The SMILES string of the molecule is Fc1cccc(-c2nc3c[c]ccc3[nH]2)c1. The molecule has 0 saturated carbocycles. The van der Waals surface area contributed by atoms with Gasteiger partial charge in [0.15, 0.2) is 0 Å². The van der Waals surface area contributed by atoms with Crippen LogP contribution in [0.2, 0.25) is 0 Å². The highest BCUT2D eigenvalue weighted by Crippen LogP contribution is 2.20. The summed E-state index contributed by atoms with van der Waals surface area (Å²) >= 11 is 0. The zero-order valence-electron chi connectivity index (χ0n) is 8.37. The van der Waals surface area contributed by atoms with E-state index in [1.807, 2.05) is 18.2 Å². The Morgan fingerprint density at radius 1 is 1.25 bits per heavy atom. The molecule has 3 heteroatoms. The summed E-state index contributed by atoms with van der Waals surface area (Å²) in [7, 11) is 0. The van der Waals surface area contributed by atoms with E-state index in [0.717, 1.165) is 16.6 Å². The molecule has 16 heavy (non-hydrogen) atoms. The van der Waals surface area contributed by atoms with Crippen molar-refractivity contribution in [2.45, 2.75) is 0 Å². The van der Waals surface area contributed by atoms with Gasteiger partial charge in [0.05, 0.1) is 11.0 Å². The minimum atomic E-state index is -0.260. The molecule has 0 amide bonds. The average molecular weight is 211 g/mol. The van der Waals surface area contributed by atoms with Gasteiger partial charge in [-0.1, -0.05) is 18.2 Å². The number of hydrogen-bond acceptors (Lipinski definition) is 1. The molecule has 1 heterocycles. The smallest absolute Gasteiger partial charge is 0.138 e. The Bertz CT molecular complexity index is 610. The lowest BCUT2D eigenvalue weighted by Gasteiger charge is -1.95. The summed E-state index contributed by atoms with van der Waals surface area (Å²) in [6, 6.07) is 14.8. The van der Waals surface area contributed by atoms with Gasteiger partial charge in [-0.2, -0.15) is 0 Å². The van der Waals surface area contributed by atoms with E-state index in [2.05, 4.69) is 16.0 Å². The number of halogens is 1. The number of nitrogens with zero attached hydrogens (tertiary/aromatic N) is 1. The number of H-pyrrole nitrogens is 1. The third-order valence-corrected chi connectivity index (χ3v) is 2.43. The topological polar surface area (TPSA) is 28.7 Å². The summed E-state index contributed by atoms with van der Waals surface area (Å²) < 4.78 is 13.1. The number of aromatic nitrogens is 2. The standard InChI is InChI=1S/C13H8FN2/c14-10-5-3-4-9(8-10)13-15-11-6-1-2-7-12(11)16-13/h1,3-8H,(H,15,16). The van der Waals surface area contributed by atoms with Crippen molar-refractivity contribution in [3.8, 4) is 11.4 Å². The van der Waals surface area contributed by atoms with Gasteiger partial charge < -0.3 is 4.98 Å². The van der Waals surface area contributed by atoms with Gasteiger partial charge in [-0.05, 0) is 30.3 Å². The molecule has 77 valence electrons. The van der Waals surface area contributed by atoms with Crippen LogP contribution in [0.4, 0.5) is 4.39 Å². The van der Waals surface area contributed by atoms with Gasteiger partial charge in [-0.15, -0.1) is 0 Å². The molecule has 2 aromatic carbocycles. The third-order valence-electron chi connectivity index (χ3n) is 2.43. The van der Waals surface area contributed by atoms with E-state index in [9.17, 15) is 4.39 Å². The number of benzene rings is 2. The summed E-state index contributed by atoms with van der Waals surface area (Å²) in [6.45, 7) is 0. The zero-order chi connectivity index (χ0) is 11.0. The third kappa shape index (κ3) is 1.46. The van der Waals surface area contributed by atoms with Crippen molar-refractivity contribution in [3.63, 3.8) is 0 Å². The molecule has 0 fully saturated rings. The number of imidazole rings is 1. The van der Waals surface area contributed by atoms with E-state index in [4.69, 9.17) is 0 Å². The molecule has 0 spiro atoms. The molecule has 0 aliphatic carbocycles. The van der Waals surface area contributed by atoms with Crippen molar-refractivity contribution < 1.29 is 4.39 Å². The van der Waals surface area contributed by atoms with Crippen molar-refractivity contribution in [3.05, 3.63) is 54.3 Å². The molecule has 1 N–H and O–H groups in total. The number of nitrogens with one attached hydrogen (secondary N) is 1. The van der Waals surface area contributed by atoms with Crippen molar-refractivity contribution in [2.75, 3.05) is 0 Å². The average Bonchev–Trinajstić information content (AvgIpc) is 2.72. The first-order valence-electron chi connectivity index (χ1n) is 4.95. The van der Waals surface area contributed by atoms with Crippen LogP contribution in [0.3, 0.4) is 0 Å². The Morgan fingerprint density at radius 2 is 2.19 bits per heavy atom. The molecule has 0 aliphatic heterocycles. The van der Waals surface area contributed by atoms with Crippen LogP contribution in [-0.4, -0.2) is 9.97 Å². The van der Waals surface area contributed by atoms with Gasteiger partial charge in [-0.3, -0.25) is 0 Å². The van der Waals surface area contributed by atoms with Crippen LogP contribution in [0.1, 0.15) is 0 Å². The Hall–Kier alpha value is -2.16. The van der Waals surface area contributed by atoms with E-state index in [-0.39, 0.29) is 5.82 Å². The maximum atomic E-state index is 13.1. The fourth-order valence-electron chi connectivity index (χ4n) is 1.67. The maximum absolute atomic E-state index is 13.1. The van der Waals surface area contributed by atoms with Crippen LogP contribution in [-0.2, 0) is 0 Å². The highest BCUT2D eigenvalue weighted by atomic mass is 19.1. The number of rotatable bonds is 1. The van der Waals surface area contributed by atoms with Crippen LogP contribution in [0.5, 0.6) is 0 Å². The molecule has 0 atom stereocenters. The lowest BCUT2D eigenvalue weighted by Crippen LogP contribution is -1.81. The molecule has 3 aromatic rings. The lowest BCUT2D eigenvalue weighted by atomic mass is 10.2. The predicted molar refractivity (Wildman–Crippen MR) is 60.3 cm³/mol. The van der Waals surface area contributed by atoms with Gasteiger partial charge in [0, 0.05) is 5.56 Å². The van der Waals surface area contributed by atoms with Crippen molar-refractivity contribution in [2.24, 2.45) is 0 Å².